The molecule has 2 aromatic carbocycles. The normalized spacial score (nSPS) is 28.4. The molecule has 2 bridgehead atoms. The lowest BCUT2D eigenvalue weighted by Gasteiger charge is -2.43. The number of carbonyl (C=O) groups excluding carboxylic acids is 1. The lowest BCUT2D eigenvalue weighted by Crippen LogP contribution is -2.62. The van der Waals surface area contributed by atoms with Crippen LogP contribution in [0.4, 0.5) is 10.1 Å². The summed E-state index contributed by atoms with van der Waals surface area (Å²) < 4.78 is 48.0. The van der Waals surface area contributed by atoms with Gasteiger partial charge in [0, 0.05) is 54.0 Å². The van der Waals surface area contributed by atoms with E-state index in [2.05, 4.69) is 10.6 Å². The van der Waals surface area contributed by atoms with E-state index in [-0.39, 0.29) is 41.7 Å². The molecule has 3 fully saturated rings. The van der Waals surface area contributed by atoms with Gasteiger partial charge in [0.1, 0.15) is 5.82 Å². The number of anilines is 1. The third-order valence-electron chi connectivity index (χ3n) is 8.82. The number of nitrogens with two attached hydrogens (primary N) is 1. The van der Waals surface area contributed by atoms with Crippen molar-refractivity contribution in [1.29, 1.82) is 0 Å². The first kappa shape index (κ1) is 30.4. The zero-order valence-corrected chi connectivity index (χ0v) is 25.2. The maximum atomic E-state index is 15.1. The highest BCUT2D eigenvalue weighted by Crippen LogP contribution is 2.40. The minimum absolute atomic E-state index is 0.0989. The summed E-state index contributed by atoms with van der Waals surface area (Å²) in [6.45, 7) is 5.63. The Morgan fingerprint density at radius 1 is 1.24 bits per heavy atom. The first-order valence-electron chi connectivity index (χ1n) is 14.4. The number of carbonyl (C=O) groups is 1. The van der Waals surface area contributed by atoms with Crippen molar-refractivity contribution in [3.8, 4) is 0 Å². The van der Waals surface area contributed by atoms with Crippen LogP contribution in [0.5, 0.6) is 0 Å². The van der Waals surface area contributed by atoms with Gasteiger partial charge in [-0.3, -0.25) is 4.79 Å². The van der Waals surface area contributed by atoms with Crippen LogP contribution in [0.3, 0.4) is 0 Å². The second kappa shape index (κ2) is 12.3. The number of nitrogens with zero attached hydrogens (tertiary/aromatic N) is 1. The third-order valence-corrected chi connectivity index (χ3v) is 11.0. The molecule has 5 rings (SSSR count). The predicted octanol–water partition coefficient (Wildman–Crippen LogP) is 4.04. The number of hydrogen-bond donors (Lipinski definition) is 3. The molecule has 8 nitrogen and oxygen atoms in total. The van der Waals surface area contributed by atoms with Crippen molar-refractivity contribution < 1.29 is 22.3 Å². The fourth-order valence-electron chi connectivity index (χ4n) is 6.69. The fourth-order valence-corrected chi connectivity index (χ4v) is 8.67. The fraction of sp³-hybridized carbons (Fsp3) is 0.567. The van der Waals surface area contributed by atoms with E-state index in [0.717, 1.165) is 18.4 Å². The largest absolute Gasteiger partial charge is 0.376 e. The third kappa shape index (κ3) is 6.95. The number of rotatable bonds is 8. The van der Waals surface area contributed by atoms with E-state index in [1.807, 2.05) is 26.0 Å². The second-order valence-corrected chi connectivity index (χ2v) is 14.7. The van der Waals surface area contributed by atoms with Crippen molar-refractivity contribution in [2.45, 2.75) is 75.6 Å². The molecule has 3 aliphatic heterocycles. The lowest BCUT2D eigenvalue weighted by atomic mass is 9.73. The monoisotopic (exact) mass is 606 g/mol. The number of amides is 1. The Hall–Kier alpha value is -2.08. The number of hydrogen-bond acceptors (Lipinski definition) is 6. The van der Waals surface area contributed by atoms with Crippen molar-refractivity contribution in [2.75, 3.05) is 30.8 Å². The molecule has 3 aliphatic rings. The first-order chi connectivity index (χ1) is 19.4. The quantitative estimate of drug-likeness (QED) is 0.418. The Kier molecular flexibility index (Phi) is 9.09. The van der Waals surface area contributed by atoms with Crippen LogP contribution in [0.2, 0.25) is 5.02 Å². The molecular weight excluding hydrogens is 567 g/mol. The van der Waals surface area contributed by atoms with Crippen molar-refractivity contribution in [3.63, 3.8) is 0 Å². The van der Waals surface area contributed by atoms with Gasteiger partial charge in [-0.25, -0.2) is 12.8 Å². The Bertz CT molecular complexity index is 1360. The summed E-state index contributed by atoms with van der Waals surface area (Å²) in [6, 6.07) is 11.0. The lowest BCUT2D eigenvalue weighted by molar-refractivity contribution is -0.119. The van der Waals surface area contributed by atoms with E-state index < -0.39 is 27.8 Å². The molecule has 0 spiro atoms. The number of ether oxygens (including phenoxy) is 1. The van der Waals surface area contributed by atoms with Gasteiger partial charge < -0.3 is 21.1 Å². The van der Waals surface area contributed by atoms with Gasteiger partial charge in [0.15, 0.2) is 0 Å². The van der Waals surface area contributed by atoms with Gasteiger partial charge in [0.25, 0.3) is 0 Å². The summed E-state index contributed by atoms with van der Waals surface area (Å²) in [5.41, 5.74) is 7.99. The molecule has 0 aliphatic carbocycles. The maximum absolute atomic E-state index is 15.1. The Morgan fingerprint density at radius 2 is 2.00 bits per heavy atom. The highest BCUT2D eigenvalue weighted by molar-refractivity contribution is 7.89. The summed E-state index contributed by atoms with van der Waals surface area (Å²) in [6.07, 6.45) is 2.81. The molecule has 224 valence electrons. The molecular formula is C30H40ClFN4O4S. The van der Waals surface area contributed by atoms with Crippen LogP contribution >= 0.6 is 11.6 Å². The number of sulfonamides is 1. The van der Waals surface area contributed by atoms with Gasteiger partial charge in [-0.2, -0.15) is 4.31 Å². The highest BCUT2D eigenvalue weighted by Gasteiger charge is 2.41. The van der Waals surface area contributed by atoms with Crippen molar-refractivity contribution >= 4 is 33.2 Å². The Labute approximate surface area is 247 Å². The zero-order valence-electron chi connectivity index (χ0n) is 23.6. The summed E-state index contributed by atoms with van der Waals surface area (Å²) in [5.74, 6) is -0.916. The number of fused-ring (bicyclic) bond motifs is 2. The van der Waals surface area contributed by atoms with E-state index in [0.29, 0.717) is 48.8 Å². The molecule has 4 N–H and O–H groups in total. The van der Waals surface area contributed by atoms with Crippen molar-refractivity contribution in [2.24, 2.45) is 11.7 Å². The molecule has 3 unspecified atom stereocenters. The van der Waals surface area contributed by atoms with Crippen LogP contribution in [0.15, 0.2) is 42.5 Å². The van der Waals surface area contributed by atoms with E-state index in [1.165, 1.54) is 6.07 Å². The molecule has 0 aromatic heterocycles. The standard InChI is InChI=1S/C30H40ClFN4O4S/c1-30(2)16-20(12-14-40-30)27(19-6-8-21(31)9-7-19)28(33)29(37)35-26-5-3-4-25(32)24(26)11-10-23-17-34-22-13-15-41(38,39)36(23)18-22/h3-9,20,22-23,27-28,34H,10-18,33H2,1-2H3,(H,35,37)/t20-,22-,23+,27?,28?/m1/s1. The summed E-state index contributed by atoms with van der Waals surface area (Å²) in [5, 5.41) is 6.93. The van der Waals surface area contributed by atoms with Crippen LogP contribution < -0.4 is 16.4 Å². The number of piperazine rings is 1. The number of benzene rings is 2. The SMILES string of the molecule is CC1(C)C[C@H](C(c2ccc(Cl)cc2)C(N)C(=O)Nc2cccc(F)c2CC[C@H]2CN[C@@H]3CCS(=O)(=O)N2C3)CCO1. The second-order valence-electron chi connectivity index (χ2n) is 12.2. The van der Waals surface area contributed by atoms with Gasteiger partial charge in [0.05, 0.1) is 17.4 Å². The van der Waals surface area contributed by atoms with Gasteiger partial charge in [-0.05, 0) is 81.7 Å². The molecule has 41 heavy (non-hydrogen) atoms. The van der Waals surface area contributed by atoms with Gasteiger partial charge in [0.2, 0.25) is 15.9 Å². The van der Waals surface area contributed by atoms with Gasteiger partial charge in [-0.15, -0.1) is 0 Å². The van der Waals surface area contributed by atoms with Crippen LogP contribution in [-0.2, 0) is 26.0 Å². The summed E-state index contributed by atoms with van der Waals surface area (Å²) >= 11 is 6.15. The first-order valence-corrected chi connectivity index (χ1v) is 16.4. The topological polar surface area (TPSA) is 114 Å². The smallest absolute Gasteiger partial charge is 0.241 e. The van der Waals surface area contributed by atoms with Gasteiger partial charge in [-0.1, -0.05) is 29.8 Å². The summed E-state index contributed by atoms with van der Waals surface area (Å²) in [4.78, 5) is 13.7. The van der Waals surface area contributed by atoms with Crippen molar-refractivity contribution in [1.82, 2.24) is 9.62 Å². The zero-order chi connectivity index (χ0) is 29.4. The highest BCUT2D eigenvalue weighted by atomic mass is 35.5. The van der Waals surface area contributed by atoms with E-state index >= 15 is 4.39 Å². The Balaban J connectivity index is 1.34. The molecule has 11 heteroatoms. The minimum Gasteiger partial charge on any atom is -0.376 e. The van der Waals surface area contributed by atoms with Crippen molar-refractivity contribution in [3.05, 3.63) is 64.4 Å². The molecule has 2 aromatic rings. The van der Waals surface area contributed by atoms with E-state index in [9.17, 15) is 13.2 Å². The predicted molar refractivity (Wildman–Crippen MR) is 159 cm³/mol. The van der Waals surface area contributed by atoms with Gasteiger partial charge >= 0.3 is 0 Å². The Morgan fingerprint density at radius 3 is 2.73 bits per heavy atom. The van der Waals surface area contributed by atoms with Crippen LogP contribution in [0, 0.1) is 11.7 Å². The summed E-state index contributed by atoms with van der Waals surface area (Å²) in [7, 11) is -3.32. The average Bonchev–Trinajstić information content (AvgIpc) is 2.92. The molecule has 0 saturated carbocycles. The molecule has 1 amide bonds. The number of halogens is 2. The minimum atomic E-state index is -3.32. The van der Waals surface area contributed by atoms with Crippen LogP contribution in [0.1, 0.15) is 56.6 Å². The molecule has 3 heterocycles. The molecule has 6 atom stereocenters. The van der Waals surface area contributed by atoms with E-state index in [1.54, 1.807) is 28.6 Å². The molecule has 3 saturated heterocycles. The van der Waals surface area contributed by atoms with E-state index in [4.69, 9.17) is 22.1 Å². The van der Waals surface area contributed by atoms with Crippen LogP contribution in [0.25, 0.3) is 0 Å². The average molecular weight is 607 g/mol. The van der Waals surface area contributed by atoms with Crippen LogP contribution in [-0.4, -0.2) is 67.8 Å². The number of nitrogens with one attached hydrogen (secondary N) is 2. The molecule has 0 radical (unpaired) electrons. The maximum Gasteiger partial charge on any atom is 0.241 e.